The monoisotopic (exact) mass is 207 g/mol. The van der Waals surface area contributed by atoms with E-state index in [0.29, 0.717) is 19.1 Å². The van der Waals surface area contributed by atoms with Gasteiger partial charge in [0.2, 0.25) is 0 Å². The fraction of sp³-hybridized carbons (Fsp3) is 0.636. The lowest BCUT2D eigenvalue weighted by Crippen LogP contribution is -2.19. The Labute approximate surface area is 89.9 Å². The van der Waals surface area contributed by atoms with Gasteiger partial charge in [0.05, 0.1) is 24.6 Å². The summed E-state index contributed by atoms with van der Waals surface area (Å²) in [6.07, 6.45) is 0.889. The molecule has 82 valence electrons. The third kappa shape index (κ3) is 2.01. The van der Waals surface area contributed by atoms with Gasteiger partial charge in [0.25, 0.3) is 0 Å². The highest BCUT2D eigenvalue weighted by Gasteiger charge is 2.18. The van der Waals surface area contributed by atoms with Crippen molar-refractivity contribution in [1.29, 1.82) is 0 Å². The molecule has 0 saturated carbocycles. The fourth-order valence-electron chi connectivity index (χ4n) is 1.78. The molecule has 4 nitrogen and oxygen atoms in total. The van der Waals surface area contributed by atoms with Crippen LogP contribution in [0, 0.1) is 0 Å². The summed E-state index contributed by atoms with van der Waals surface area (Å²) >= 11 is 0. The lowest BCUT2D eigenvalue weighted by atomic mass is 10.1. The number of fused-ring (bicyclic) bond motifs is 1. The maximum absolute atomic E-state index is 5.71. The average molecular weight is 207 g/mol. The van der Waals surface area contributed by atoms with Gasteiger partial charge in [-0.1, -0.05) is 13.8 Å². The van der Waals surface area contributed by atoms with Gasteiger partial charge >= 0.3 is 0 Å². The first-order chi connectivity index (χ1) is 7.22. The van der Waals surface area contributed by atoms with Gasteiger partial charge < -0.3 is 10.5 Å². The van der Waals surface area contributed by atoms with Crippen molar-refractivity contribution in [1.82, 2.24) is 9.97 Å². The number of rotatable bonds is 2. The third-order valence-electron chi connectivity index (χ3n) is 2.64. The Kier molecular flexibility index (Phi) is 2.98. The molecule has 0 unspecified atom stereocenters. The van der Waals surface area contributed by atoms with E-state index in [0.717, 1.165) is 30.2 Å². The van der Waals surface area contributed by atoms with E-state index in [1.165, 1.54) is 5.56 Å². The Balaban J connectivity index is 2.48. The average Bonchev–Trinajstić information content (AvgIpc) is 2.27. The second-order valence-electron chi connectivity index (χ2n) is 4.12. The van der Waals surface area contributed by atoms with E-state index in [-0.39, 0.29) is 0 Å². The minimum Gasteiger partial charge on any atom is -0.375 e. The smallest absolute Gasteiger partial charge is 0.131 e. The summed E-state index contributed by atoms with van der Waals surface area (Å²) in [5.74, 6) is 1.21. The van der Waals surface area contributed by atoms with Crippen LogP contribution >= 0.6 is 0 Å². The highest BCUT2D eigenvalue weighted by Crippen LogP contribution is 2.20. The zero-order valence-corrected chi connectivity index (χ0v) is 9.29. The number of nitrogens with zero attached hydrogens (tertiary/aromatic N) is 2. The minimum absolute atomic E-state index is 0.336. The van der Waals surface area contributed by atoms with Crippen LogP contribution in [-0.2, 0) is 24.3 Å². The molecule has 1 aromatic rings. The van der Waals surface area contributed by atoms with Gasteiger partial charge in [-0.3, -0.25) is 0 Å². The Bertz CT molecular complexity index is 346. The third-order valence-corrected chi connectivity index (χ3v) is 2.64. The molecule has 1 aromatic heterocycles. The Morgan fingerprint density at radius 3 is 2.87 bits per heavy atom. The molecule has 0 aliphatic carbocycles. The van der Waals surface area contributed by atoms with Gasteiger partial charge in [-0.25, -0.2) is 9.97 Å². The van der Waals surface area contributed by atoms with Gasteiger partial charge in [-0.05, 0) is 6.42 Å². The molecule has 1 aliphatic rings. The second-order valence-corrected chi connectivity index (χ2v) is 4.12. The number of hydrogen-bond donors (Lipinski definition) is 1. The van der Waals surface area contributed by atoms with Gasteiger partial charge in [0.15, 0.2) is 0 Å². The SMILES string of the molecule is CC(C)c1nc(CN)c2c(n1)COCC2. The first kappa shape index (κ1) is 10.5. The summed E-state index contributed by atoms with van der Waals surface area (Å²) in [6.45, 7) is 6.02. The summed E-state index contributed by atoms with van der Waals surface area (Å²) in [7, 11) is 0. The molecule has 0 aromatic carbocycles. The largest absolute Gasteiger partial charge is 0.375 e. The zero-order chi connectivity index (χ0) is 10.8. The molecule has 4 heteroatoms. The lowest BCUT2D eigenvalue weighted by Gasteiger charge is -2.19. The number of ether oxygens (including phenoxy) is 1. The van der Waals surface area contributed by atoms with E-state index in [1.807, 2.05) is 0 Å². The van der Waals surface area contributed by atoms with Gasteiger partial charge in [0, 0.05) is 18.0 Å². The van der Waals surface area contributed by atoms with Crippen molar-refractivity contribution in [2.24, 2.45) is 5.73 Å². The van der Waals surface area contributed by atoms with E-state index in [2.05, 4.69) is 23.8 Å². The van der Waals surface area contributed by atoms with Crippen LogP contribution in [0.4, 0.5) is 0 Å². The van der Waals surface area contributed by atoms with Crippen LogP contribution in [0.15, 0.2) is 0 Å². The molecular formula is C11H17N3O. The van der Waals surface area contributed by atoms with Gasteiger partial charge in [-0.2, -0.15) is 0 Å². The lowest BCUT2D eigenvalue weighted by molar-refractivity contribution is 0.106. The van der Waals surface area contributed by atoms with E-state index < -0.39 is 0 Å². The maximum Gasteiger partial charge on any atom is 0.131 e. The fourth-order valence-corrected chi connectivity index (χ4v) is 1.78. The molecular weight excluding hydrogens is 190 g/mol. The summed E-state index contributed by atoms with van der Waals surface area (Å²) in [4.78, 5) is 9.04. The molecule has 0 radical (unpaired) electrons. The van der Waals surface area contributed by atoms with E-state index in [4.69, 9.17) is 10.5 Å². The van der Waals surface area contributed by atoms with Crippen LogP contribution in [0.1, 0.15) is 42.5 Å². The number of aromatic nitrogens is 2. The highest BCUT2D eigenvalue weighted by molar-refractivity contribution is 5.28. The van der Waals surface area contributed by atoms with Crippen molar-refractivity contribution in [3.63, 3.8) is 0 Å². The Morgan fingerprint density at radius 1 is 1.40 bits per heavy atom. The second kappa shape index (κ2) is 4.24. The van der Waals surface area contributed by atoms with Crippen LogP contribution < -0.4 is 5.73 Å². The highest BCUT2D eigenvalue weighted by atomic mass is 16.5. The summed E-state index contributed by atoms with van der Waals surface area (Å²) in [6, 6.07) is 0. The first-order valence-corrected chi connectivity index (χ1v) is 5.38. The van der Waals surface area contributed by atoms with E-state index in [9.17, 15) is 0 Å². The Morgan fingerprint density at radius 2 is 2.20 bits per heavy atom. The summed E-state index contributed by atoms with van der Waals surface area (Å²) in [5, 5.41) is 0. The van der Waals surface area contributed by atoms with Crippen LogP contribution in [0.2, 0.25) is 0 Å². The predicted molar refractivity (Wildman–Crippen MR) is 57.4 cm³/mol. The molecule has 2 N–H and O–H groups in total. The molecule has 0 atom stereocenters. The molecule has 2 rings (SSSR count). The molecule has 15 heavy (non-hydrogen) atoms. The van der Waals surface area contributed by atoms with Crippen molar-refractivity contribution >= 4 is 0 Å². The van der Waals surface area contributed by atoms with Crippen molar-refractivity contribution < 1.29 is 4.74 Å². The van der Waals surface area contributed by atoms with Crippen molar-refractivity contribution in [3.8, 4) is 0 Å². The Hall–Kier alpha value is -1.00. The standard InChI is InChI=1S/C11H17N3O/c1-7(2)11-13-9(5-12)8-3-4-15-6-10(8)14-11/h7H,3-6,12H2,1-2H3. The molecule has 0 spiro atoms. The van der Waals surface area contributed by atoms with Gasteiger partial charge in [0.1, 0.15) is 5.82 Å². The van der Waals surface area contributed by atoms with Gasteiger partial charge in [-0.15, -0.1) is 0 Å². The molecule has 0 saturated heterocycles. The molecule has 0 fully saturated rings. The normalized spacial score (nSPS) is 15.5. The van der Waals surface area contributed by atoms with Crippen LogP contribution in [0.25, 0.3) is 0 Å². The molecule has 0 bridgehead atoms. The van der Waals surface area contributed by atoms with Crippen molar-refractivity contribution in [2.45, 2.75) is 39.3 Å². The zero-order valence-electron chi connectivity index (χ0n) is 9.29. The topological polar surface area (TPSA) is 61.0 Å². The molecule has 2 heterocycles. The van der Waals surface area contributed by atoms with Crippen LogP contribution in [-0.4, -0.2) is 16.6 Å². The van der Waals surface area contributed by atoms with Crippen molar-refractivity contribution in [3.05, 3.63) is 22.8 Å². The molecule has 0 amide bonds. The van der Waals surface area contributed by atoms with Crippen LogP contribution in [0.3, 0.4) is 0 Å². The summed E-state index contributed by atoms with van der Waals surface area (Å²) in [5.41, 5.74) is 8.93. The quantitative estimate of drug-likeness (QED) is 0.789. The van der Waals surface area contributed by atoms with E-state index >= 15 is 0 Å². The maximum atomic E-state index is 5.71. The minimum atomic E-state index is 0.336. The van der Waals surface area contributed by atoms with Crippen LogP contribution in [0.5, 0.6) is 0 Å². The van der Waals surface area contributed by atoms with Crippen molar-refractivity contribution in [2.75, 3.05) is 6.61 Å². The first-order valence-electron chi connectivity index (χ1n) is 5.38. The predicted octanol–water partition coefficient (Wildman–Crippen LogP) is 1.13. The molecule has 1 aliphatic heterocycles. The number of nitrogens with two attached hydrogens (primary N) is 1. The summed E-state index contributed by atoms with van der Waals surface area (Å²) < 4.78 is 5.40. The number of hydrogen-bond acceptors (Lipinski definition) is 4. The van der Waals surface area contributed by atoms with E-state index in [1.54, 1.807) is 0 Å².